The van der Waals surface area contributed by atoms with Crippen LogP contribution in [0.4, 0.5) is 0 Å². The monoisotopic (exact) mass is 259 g/mol. The topological polar surface area (TPSA) is 57.6 Å². The smallest absolute Gasteiger partial charge is 0.305 e. The number of aliphatic carboxylic acids is 1. The SMILES string of the molecule is O=C(O)CC1CCCN1C(=O)C1Cc2ccccc21. The van der Waals surface area contributed by atoms with E-state index in [0.29, 0.717) is 6.54 Å². The Bertz CT molecular complexity index is 526. The minimum atomic E-state index is -0.821. The summed E-state index contributed by atoms with van der Waals surface area (Å²) in [4.78, 5) is 25.1. The molecule has 1 saturated heterocycles. The van der Waals surface area contributed by atoms with Crippen LogP contribution >= 0.6 is 0 Å². The Kier molecular flexibility index (Phi) is 3.01. The fourth-order valence-corrected chi connectivity index (χ4v) is 3.22. The Labute approximate surface area is 112 Å². The molecule has 1 aromatic carbocycles. The van der Waals surface area contributed by atoms with Crippen LogP contribution < -0.4 is 0 Å². The van der Waals surface area contributed by atoms with E-state index in [-0.39, 0.29) is 24.3 Å². The van der Waals surface area contributed by atoms with Gasteiger partial charge in [-0.2, -0.15) is 0 Å². The summed E-state index contributed by atoms with van der Waals surface area (Å²) in [6, 6.07) is 7.89. The van der Waals surface area contributed by atoms with E-state index in [4.69, 9.17) is 5.11 Å². The number of carbonyl (C=O) groups excluding carboxylic acids is 1. The molecule has 2 atom stereocenters. The predicted octanol–water partition coefficient (Wildman–Crippen LogP) is 1.79. The molecule has 1 heterocycles. The first-order valence-corrected chi connectivity index (χ1v) is 6.77. The average Bonchev–Trinajstić information content (AvgIpc) is 2.77. The molecular formula is C15H17NO3. The molecule has 19 heavy (non-hydrogen) atoms. The van der Waals surface area contributed by atoms with Crippen molar-refractivity contribution in [3.05, 3.63) is 35.4 Å². The van der Waals surface area contributed by atoms with Crippen LogP contribution in [0.25, 0.3) is 0 Å². The Morgan fingerprint density at radius 1 is 1.32 bits per heavy atom. The number of amides is 1. The van der Waals surface area contributed by atoms with Gasteiger partial charge >= 0.3 is 5.97 Å². The summed E-state index contributed by atoms with van der Waals surface area (Å²) in [7, 11) is 0. The summed E-state index contributed by atoms with van der Waals surface area (Å²) < 4.78 is 0. The van der Waals surface area contributed by atoms with Crippen molar-refractivity contribution in [1.29, 1.82) is 0 Å². The van der Waals surface area contributed by atoms with Crippen molar-refractivity contribution in [2.45, 2.75) is 37.6 Å². The van der Waals surface area contributed by atoms with Crippen LogP contribution in [-0.4, -0.2) is 34.5 Å². The number of fused-ring (bicyclic) bond motifs is 1. The highest BCUT2D eigenvalue weighted by atomic mass is 16.4. The third-order valence-corrected chi connectivity index (χ3v) is 4.22. The first-order chi connectivity index (χ1) is 9.16. The summed E-state index contributed by atoms with van der Waals surface area (Å²) in [5.74, 6) is -0.758. The van der Waals surface area contributed by atoms with Crippen LogP contribution in [0.2, 0.25) is 0 Å². The molecule has 0 aromatic heterocycles. The molecule has 0 spiro atoms. The Morgan fingerprint density at radius 3 is 2.84 bits per heavy atom. The molecule has 0 bridgehead atoms. The highest BCUT2D eigenvalue weighted by Gasteiger charge is 2.39. The molecule has 0 saturated carbocycles. The van der Waals surface area contributed by atoms with Gasteiger partial charge in [-0.1, -0.05) is 24.3 Å². The Hall–Kier alpha value is -1.84. The quantitative estimate of drug-likeness (QED) is 0.900. The average molecular weight is 259 g/mol. The maximum absolute atomic E-state index is 12.5. The van der Waals surface area contributed by atoms with Gasteiger partial charge in [-0.05, 0) is 30.4 Å². The lowest BCUT2D eigenvalue weighted by atomic mass is 9.76. The van der Waals surface area contributed by atoms with Gasteiger partial charge in [-0.3, -0.25) is 9.59 Å². The summed E-state index contributed by atoms with van der Waals surface area (Å²) in [5.41, 5.74) is 2.36. The number of likely N-dealkylation sites (tertiary alicyclic amines) is 1. The first kappa shape index (κ1) is 12.2. The van der Waals surface area contributed by atoms with Gasteiger partial charge in [-0.15, -0.1) is 0 Å². The second-order valence-corrected chi connectivity index (χ2v) is 5.38. The van der Waals surface area contributed by atoms with Crippen molar-refractivity contribution in [2.24, 2.45) is 0 Å². The van der Waals surface area contributed by atoms with E-state index >= 15 is 0 Å². The molecule has 1 aliphatic heterocycles. The zero-order chi connectivity index (χ0) is 13.4. The number of hydrogen-bond donors (Lipinski definition) is 1. The number of carboxylic acid groups (broad SMARTS) is 1. The van der Waals surface area contributed by atoms with Gasteiger partial charge in [-0.25, -0.2) is 0 Å². The summed E-state index contributed by atoms with van der Waals surface area (Å²) in [6.45, 7) is 0.704. The van der Waals surface area contributed by atoms with Crippen LogP contribution in [0.5, 0.6) is 0 Å². The van der Waals surface area contributed by atoms with Gasteiger partial charge in [0.2, 0.25) is 5.91 Å². The van der Waals surface area contributed by atoms with E-state index in [2.05, 4.69) is 6.07 Å². The number of carboxylic acids is 1. The number of rotatable bonds is 3. The fraction of sp³-hybridized carbons (Fsp3) is 0.467. The molecule has 2 aliphatic rings. The van der Waals surface area contributed by atoms with Gasteiger partial charge < -0.3 is 10.0 Å². The number of benzene rings is 1. The van der Waals surface area contributed by atoms with Gasteiger partial charge in [0, 0.05) is 12.6 Å². The van der Waals surface area contributed by atoms with Crippen molar-refractivity contribution >= 4 is 11.9 Å². The van der Waals surface area contributed by atoms with E-state index in [1.165, 1.54) is 5.56 Å². The van der Waals surface area contributed by atoms with Crippen LogP contribution in [0.15, 0.2) is 24.3 Å². The predicted molar refractivity (Wildman–Crippen MR) is 69.9 cm³/mol. The van der Waals surface area contributed by atoms with Crippen molar-refractivity contribution in [3.8, 4) is 0 Å². The largest absolute Gasteiger partial charge is 0.481 e. The van der Waals surface area contributed by atoms with Crippen molar-refractivity contribution in [2.75, 3.05) is 6.54 Å². The molecule has 1 aliphatic carbocycles. The minimum absolute atomic E-state index is 0.0504. The van der Waals surface area contributed by atoms with Crippen LogP contribution in [0, 0.1) is 0 Å². The molecule has 3 rings (SSSR count). The summed E-state index contributed by atoms with van der Waals surface area (Å²) in [5, 5.41) is 8.90. The zero-order valence-electron chi connectivity index (χ0n) is 10.7. The lowest BCUT2D eigenvalue weighted by molar-refractivity contribution is -0.140. The third-order valence-electron chi connectivity index (χ3n) is 4.22. The fourth-order valence-electron chi connectivity index (χ4n) is 3.22. The van der Waals surface area contributed by atoms with Gasteiger partial charge in [0.1, 0.15) is 0 Å². The molecular weight excluding hydrogens is 242 g/mol. The van der Waals surface area contributed by atoms with E-state index in [9.17, 15) is 9.59 Å². The van der Waals surface area contributed by atoms with E-state index in [1.807, 2.05) is 18.2 Å². The molecule has 1 N–H and O–H groups in total. The van der Waals surface area contributed by atoms with E-state index in [1.54, 1.807) is 4.90 Å². The number of hydrogen-bond acceptors (Lipinski definition) is 2. The van der Waals surface area contributed by atoms with Gasteiger partial charge in [0.15, 0.2) is 0 Å². The summed E-state index contributed by atoms with van der Waals surface area (Å²) >= 11 is 0. The van der Waals surface area contributed by atoms with E-state index < -0.39 is 5.97 Å². The minimum Gasteiger partial charge on any atom is -0.481 e. The molecule has 1 fully saturated rings. The maximum atomic E-state index is 12.5. The van der Waals surface area contributed by atoms with Crippen molar-refractivity contribution < 1.29 is 14.7 Å². The first-order valence-electron chi connectivity index (χ1n) is 6.77. The molecule has 100 valence electrons. The zero-order valence-corrected chi connectivity index (χ0v) is 10.7. The van der Waals surface area contributed by atoms with Crippen LogP contribution in [-0.2, 0) is 16.0 Å². The van der Waals surface area contributed by atoms with Crippen LogP contribution in [0.3, 0.4) is 0 Å². The standard InChI is InChI=1S/C15H17NO3/c17-14(18)9-11-5-3-7-16(11)15(19)13-8-10-4-1-2-6-12(10)13/h1-2,4,6,11,13H,3,5,7-9H2,(H,17,18). The Balaban J connectivity index is 1.73. The molecule has 2 unspecified atom stereocenters. The molecule has 4 heteroatoms. The second-order valence-electron chi connectivity index (χ2n) is 5.38. The summed E-state index contributed by atoms with van der Waals surface area (Å²) in [6.07, 6.45) is 2.59. The van der Waals surface area contributed by atoms with Crippen LogP contribution in [0.1, 0.15) is 36.3 Å². The second kappa shape index (κ2) is 4.68. The lowest BCUT2D eigenvalue weighted by Crippen LogP contribution is -2.42. The number of carbonyl (C=O) groups is 2. The van der Waals surface area contributed by atoms with Gasteiger partial charge in [0.05, 0.1) is 12.3 Å². The third kappa shape index (κ3) is 2.11. The molecule has 1 amide bonds. The van der Waals surface area contributed by atoms with E-state index in [0.717, 1.165) is 24.8 Å². The maximum Gasteiger partial charge on any atom is 0.305 e. The van der Waals surface area contributed by atoms with Crippen molar-refractivity contribution in [3.63, 3.8) is 0 Å². The Morgan fingerprint density at radius 2 is 2.11 bits per heavy atom. The van der Waals surface area contributed by atoms with Gasteiger partial charge in [0.25, 0.3) is 0 Å². The molecule has 4 nitrogen and oxygen atoms in total. The highest BCUT2D eigenvalue weighted by Crippen LogP contribution is 2.37. The van der Waals surface area contributed by atoms with Crippen molar-refractivity contribution in [1.82, 2.24) is 4.90 Å². The highest BCUT2D eigenvalue weighted by molar-refractivity contribution is 5.87. The normalized spacial score (nSPS) is 24.7. The lowest BCUT2D eigenvalue weighted by Gasteiger charge is -2.34. The molecule has 1 aromatic rings. The molecule has 0 radical (unpaired) electrons. The number of nitrogens with zero attached hydrogens (tertiary/aromatic N) is 1.